The summed E-state index contributed by atoms with van der Waals surface area (Å²) in [5.74, 6) is 0.0217. The zero-order valence-electron chi connectivity index (χ0n) is 13.1. The van der Waals surface area contributed by atoms with Gasteiger partial charge >= 0.3 is 0 Å². The standard InChI is InChI=1S/C18H19N3O2/c1-12-5-4-10-20(12)11-13-8-9-16-17(18(13)22)14-6-2-3-7-15(14)21(16)19-23/h2-7,10,13,16-17H,8-9,11H2,1H3. The van der Waals surface area contributed by atoms with Crippen LogP contribution in [0.2, 0.25) is 0 Å². The topological polar surface area (TPSA) is 54.7 Å². The molecule has 4 rings (SSSR count). The molecule has 23 heavy (non-hydrogen) atoms. The van der Waals surface area contributed by atoms with E-state index in [1.807, 2.05) is 36.5 Å². The maximum atomic E-state index is 13.1. The van der Waals surface area contributed by atoms with Gasteiger partial charge in [0, 0.05) is 24.4 Å². The van der Waals surface area contributed by atoms with Crippen molar-refractivity contribution in [1.82, 2.24) is 4.57 Å². The molecule has 3 atom stereocenters. The Morgan fingerprint density at radius 1 is 1.17 bits per heavy atom. The van der Waals surface area contributed by atoms with Gasteiger partial charge in [-0.25, -0.2) is 5.01 Å². The number of rotatable bonds is 3. The highest BCUT2D eigenvalue weighted by atomic mass is 16.3. The predicted molar refractivity (Wildman–Crippen MR) is 88.1 cm³/mol. The summed E-state index contributed by atoms with van der Waals surface area (Å²) >= 11 is 0. The molecule has 0 amide bonds. The number of anilines is 1. The maximum Gasteiger partial charge on any atom is 0.147 e. The number of hydrogen-bond acceptors (Lipinski definition) is 3. The molecule has 1 aliphatic heterocycles. The zero-order chi connectivity index (χ0) is 16.0. The lowest BCUT2D eigenvalue weighted by atomic mass is 9.75. The molecule has 1 aromatic heterocycles. The van der Waals surface area contributed by atoms with E-state index >= 15 is 0 Å². The average molecular weight is 309 g/mol. The van der Waals surface area contributed by atoms with E-state index in [1.54, 1.807) is 0 Å². The minimum atomic E-state index is -0.224. The number of benzene rings is 1. The lowest BCUT2D eigenvalue weighted by Gasteiger charge is -2.32. The molecular formula is C18H19N3O2. The van der Waals surface area contributed by atoms with Gasteiger partial charge in [0.1, 0.15) is 5.78 Å². The Hall–Kier alpha value is -2.43. The Morgan fingerprint density at radius 2 is 2.00 bits per heavy atom. The van der Waals surface area contributed by atoms with Gasteiger partial charge in [0.15, 0.2) is 0 Å². The van der Waals surface area contributed by atoms with Crippen LogP contribution in [0.3, 0.4) is 0 Å². The van der Waals surface area contributed by atoms with Gasteiger partial charge in [-0.2, -0.15) is 0 Å². The number of fused-ring (bicyclic) bond motifs is 3. The van der Waals surface area contributed by atoms with Crippen molar-refractivity contribution in [2.24, 2.45) is 11.2 Å². The lowest BCUT2D eigenvalue weighted by molar-refractivity contribution is -0.127. The molecule has 1 aromatic carbocycles. The van der Waals surface area contributed by atoms with Crippen molar-refractivity contribution in [3.05, 3.63) is 58.8 Å². The van der Waals surface area contributed by atoms with E-state index in [2.05, 4.69) is 22.8 Å². The lowest BCUT2D eigenvalue weighted by Crippen LogP contribution is -2.41. The fraction of sp³-hybridized carbons (Fsp3) is 0.389. The molecule has 1 fully saturated rings. The van der Waals surface area contributed by atoms with Gasteiger partial charge in [-0.05, 0) is 43.5 Å². The Balaban J connectivity index is 1.66. The van der Waals surface area contributed by atoms with E-state index in [4.69, 9.17) is 0 Å². The number of hydrogen-bond donors (Lipinski definition) is 0. The molecule has 0 N–H and O–H groups in total. The second-order valence-corrected chi connectivity index (χ2v) is 6.51. The van der Waals surface area contributed by atoms with E-state index in [1.165, 1.54) is 10.7 Å². The van der Waals surface area contributed by atoms with E-state index in [0.29, 0.717) is 0 Å². The van der Waals surface area contributed by atoms with Crippen LogP contribution in [-0.4, -0.2) is 16.4 Å². The van der Waals surface area contributed by atoms with E-state index < -0.39 is 0 Å². The van der Waals surface area contributed by atoms with E-state index in [-0.39, 0.29) is 23.7 Å². The van der Waals surface area contributed by atoms with Crippen LogP contribution in [0.15, 0.2) is 47.9 Å². The van der Waals surface area contributed by atoms with Gasteiger partial charge in [0.2, 0.25) is 0 Å². The summed E-state index contributed by atoms with van der Waals surface area (Å²) in [5, 5.41) is 4.70. The van der Waals surface area contributed by atoms with Crippen molar-refractivity contribution in [3.8, 4) is 0 Å². The quantitative estimate of drug-likeness (QED) is 0.816. The molecule has 1 aliphatic carbocycles. The van der Waals surface area contributed by atoms with Crippen molar-refractivity contribution in [3.63, 3.8) is 0 Å². The number of nitroso groups, excluding NO2 is 1. The normalized spacial score (nSPS) is 26.0. The number of carbonyl (C=O) groups excluding carboxylic acids is 1. The minimum absolute atomic E-state index is 0.00186. The first-order chi connectivity index (χ1) is 11.2. The van der Waals surface area contributed by atoms with Crippen molar-refractivity contribution >= 4 is 11.5 Å². The molecule has 3 unspecified atom stereocenters. The smallest absolute Gasteiger partial charge is 0.147 e. The predicted octanol–water partition coefficient (Wildman–Crippen LogP) is 3.43. The van der Waals surface area contributed by atoms with Crippen molar-refractivity contribution < 1.29 is 4.79 Å². The highest BCUT2D eigenvalue weighted by molar-refractivity contribution is 5.93. The van der Waals surface area contributed by atoms with Crippen LogP contribution in [0.5, 0.6) is 0 Å². The first-order valence-corrected chi connectivity index (χ1v) is 8.07. The summed E-state index contributed by atoms with van der Waals surface area (Å²) in [6.07, 6.45) is 3.65. The second kappa shape index (κ2) is 5.33. The summed E-state index contributed by atoms with van der Waals surface area (Å²) in [4.78, 5) is 24.4. The molecule has 118 valence electrons. The number of aryl methyl sites for hydroxylation is 1. The third-order valence-electron chi connectivity index (χ3n) is 5.30. The average Bonchev–Trinajstić information content (AvgIpc) is 3.11. The number of aromatic nitrogens is 1. The molecule has 2 aromatic rings. The molecule has 5 nitrogen and oxygen atoms in total. The third kappa shape index (κ3) is 2.11. The van der Waals surface area contributed by atoms with E-state index in [9.17, 15) is 9.70 Å². The van der Waals surface area contributed by atoms with Crippen LogP contribution in [0, 0.1) is 17.7 Å². The summed E-state index contributed by atoms with van der Waals surface area (Å²) in [6.45, 7) is 2.77. The second-order valence-electron chi connectivity index (χ2n) is 6.51. The van der Waals surface area contributed by atoms with Crippen LogP contribution in [0.1, 0.15) is 30.0 Å². The van der Waals surface area contributed by atoms with Crippen LogP contribution in [0.4, 0.5) is 5.69 Å². The number of ketones is 1. The van der Waals surface area contributed by atoms with Crippen molar-refractivity contribution in [2.45, 2.75) is 38.3 Å². The first-order valence-electron chi connectivity index (χ1n) is 8.07. The van der Waals surface area contributed by atoms with Crippen LogP contribution < -0.4 is 5.01 Å². The summed E-state index contributed by atoms with van der Waals surface area (Å²) in [7, 11) is 0. The fourth-order valence-electron chi connectivity index (χ4n) is 4.11. The molecule has 0 bridgehead atoms. The van der Waals surface area contributed by atoms with Gasteiger partial charge in [0.25, 0.3) is 0 Å². The van der Waals surface area contributed by atoms with Gasteiger partial charge in [-0.3, -0.25) is 4.79 Å². The van der Waals surface area contributed by atoms with Gasteiger partial charge in [0.05, 0.1) is 22.9 Å². The molecule has 0 saturated heterocycles. The fourth-order valence-corrected chi connectivity index (χ4v) is 4.11. The Labute approximate surface area is 134 Å². The Bertz CT molecular complexity index is 767. The minimum Gasteiger partial charge on any atom is -0.351 e. The van der Waals surface area contributed by atoms with Crippen LogP contribution in [0.25, 0.3) is 0 Å². The SMILES string of the molecule is Cc1cccn1CC1CCC2C(C1=O)c1ccccc1N2N=O. The first kappa shape index (κ1) is 14.2. The molecular weight excluding hydrogens is 290 g/mol. The highest BCUT2D eigenvalue weighted by Gasteiger charge is 2.48. The number of nitrogens with zero attached hydrogens (tertiary/aromatic N) is 3. The van der Waals surface area contributed by atoms with Gasteiger partial charge < -0.3 is 4.57 Å². The molecule has 5 heteroatoms. The van der Waals surface area contributed by atoms with Gasteiger partial charge in [-0.15, -0.1) is 4.91 Å². The Kier molecular flexibility index (Phi) is 3.29. The molecule has 1 saturated carbocycles. The summed E-state index contributed by atoms with van der Waals surface area (Å²) < 4.78 is 2.14. The molecule has 2 aliphatic rings. The van der Waals surface area contributed by atoms with Crippen LogP contribution >= 0.6 is 0 Å². The van der Waals surface area contributed by atoms with Crippen molar-refractivity contribution in [2.75, 3.05) is 5.01 Å². The third-order valence-corrected chi connectivity index (χ3v) is 5.30. The van der Waals surface area contributed by atoms with Gasteiger partial charge in [-0.1, -0.05) is 18.2 Å². The molecule has 0 spiro atoms. The van der Waals surface area contributed by atoms with Crippen molar-refractivity contribution in [1.29, 1.82) is 0 Å². The zero-order valence-corrected chi connectivity index (χ0v) is 13.1. The largest absolute Gasteiger partial charge is 0.351 e. The van der Waals surface area contributed by atoms with Crippen LogP contribution in [-0.2, 0) is 11.3 Å². The Morgan fingerprint density at radius 3 is 2.74 bits per heavy atom. The summed E-state index contributed by atoms with van der Waals surface area (Å²) in [5.41, 5.74) is 2.92. The highest BCUT2D eigenvalue weighted by Crippen LogP contribution is 2.47. The molecule has 0 radical (unpaired) electrons. The number of carbonyl (C=O) groups is 1. The van der Waals surface area contributed by atoms with E-state index in [0.717, 1.165) is 30.6 Å². The summed E-state index contributed by atoms with van der Waals surface area (Å²) in [6, 6.07) is 11.6. The molecule has 2 heterocycles. The number of para-hydroxylation sites is 1. The monoisotopic (exact) mass is 309 g/mol. The number of Topliss-reactive ketones (excluding diaryl/α,β-unsaturated/α-hetero) is 1. The maximum absolute atomic E-state index is 13.1.